The Labute approximate surface area is 219 Å². The third-order valence-electron chi connectivity index (χ3n) is 7.66. The quantitative estimate of drug-likeness (QED) is 0.226. The van der Waals surface area contributed by atoms with Crippen LogP contribution in [-0.2, 0) is 0 Å². The predicted molar refractivity (Wildman–Crippen MR) is 154 cm³/mol. The molecule has 2 aliphatic rings. The Morgan fingerprint density at radius 2 is 0.947 bits per heavy atom. The van der Waals surface area contributed by atoms with Crippen molar-refractivity contribution < 1.29 is 18.3 Å². The summed E-state index contributed by atoms with van der Waals surface area (Å²) in [6.45, 7) is 8.26. The zero-order chi connectivity index (χ0) is 25.8. The van der Waals surface area contributed by atoms with Crippen LogP contribution in [0.1, 0.15) is 38.8 Å². The molecule has 0 amide bonds. The van der Waals surface area contributed by atoms with E-state index in [1.807, 2.05) is 24.3 Å². The maximum absolute atomic E-state index is 6.31. The Morgan fingerprint density at radius 3 is 1.39 bits per heavy atom. The number of fused-ring (bicyclic) bond motifs is 10. The van der Waals surface area contributed by atoms with E-state index in [1.165, 1.54) is 0 Å². The first-order valence-corrected chi connectivity index (χ1v) is 13.0. The van der Waals surface area contributed by atoms with Gasteiger partial charge in [-0.15, -0.1) is 0 Å². The van der Waals surface area contributed by atoms with Crippen LogP contribution in [0.25, 0.3) is 67.2 Å². The minimum Gasteiger partial charge on any atom is -0.483 e. The zero-order valence-electron chi connectivity index (χ0n) is 21.7. The molecule has 0 unspecified atom stereocenters. The van der Waals surface area contributed by atoms with Crippen molar-refractivity contribution in [1.82, 2.24) is 0 Å². The highest BCUT2D eigenvalue weighted by Gasteiger charge is 2.26. The third-order valence-corrected chi connectivity index (χ3v) is 7.66. The molecule has 4 heterocycles. The summed E-state index contributed by atoms with van der Waals surface area (Å²) >= 11 is 0. The SMILES string of the molecule is CC1(C)C=Cc2c(ccc3oc4cc(-c5ccc6c(c5)oc5ccc7c(c56)C=CC(C)(C)O7)ccc4c23)O1. The first kappa shape index (κ1) is 21.6. The first-order chi connectivity index (χ1) is 18.2. The fraction of sp³-hybridized carbons (Fsp3) is 0.176. The standard InChI is InChI=1S/C34H26O4/c1-33(2)15-13-23-25(37-33)9-11-27-31(23)21-7-5-19(17-29(21)35-27)20-6-8-22-30(18-20)36-28-12-10-26-24(32(22)28)14-16-34(3,4)38-26/h5-18H,1-4H3. The van der Waals surface area contributed by atoms with E-state index >= 15 is 0 Å². The van der Waals surface area contributed by atoms with Gasteiger partial charge in [0, 0.05) is 32.7 Å². The van der Waals surface area contributed by atoms with Crippen molar-refractivity contribution in [3.63, 3.8) is 0 Å². The second-order valence-corrected chi connectivity index (χ2v) is 11.4. The number of rotatable bonds is 1. The summed E-state index contributed by atoms with van der Waals surface area (Å²) in [7, 11) is 0. The highest BCUT2D eigenvalue weighted by atomic mass is 16.5. The van der Waals surface area contributed by atoms with Crippen molar-refractivity contribution in [2.75, 3.05) is 0 Å². The summed E-state index contributed by atoms with van der Waals surface area (Å²) in [5, 5.41) is 4.35. The molecule has 0 spiro atoms. The lowest BCUT2D eigenvalue weighted by atomic mass is 9.96. The van der Waals surface area contributed by atoms with Crippen LogP contribution >= 0.6 is 0 Å². The molecule has 0 saturated heterocycles. The van der Waals surface area contributed by atoms with Gasteiger partial charge in [0.05, 0.1) is 0 Å². The van der Waals surface area contributed by atoms with Gasteiger partial charge in [-0.25, -0.2) is 0 Å². The number of furan rings is 2. The van der Waals surface area contributed by atoms with Crippen LogP contribution < -0.4 is 9.47 Å². The van der Waals surface area contributed by atoms with Gasteiger partial charge in [0.15, 0.2) is 0 Å². The van der Waals surface area contributed by atoms with Gasteiger partial charge in [0.25, 0.3) is 0 Å². The summed E-state index contributed by atoms with van der Waals surface area (Å²) in [5.41, 5.74) is 7.09. The Hall–Kier alpha value is -4.44. The molecule has 186 valence electrons. The van der Waals surface area contributed by atoms with Crippen LogP contribution in [0.4, 0.5) is 0 Å². The number of ether oxygens (including phenoxy) is 2. The number of benzene rings is 4. The van der Waals surface area contributed by atoms with Gasteiger partial charge >= 0.3 is 0 Å². The van der Waals surface area contributed by atoms with E-state index in [4.69, 9.17) is 18.3 Å². The fourth-order valence-corrected chi connectivity index (χ4v) is 5.82. The lowest BCUT2D eigenvalue weighted by molar-refractivity contribution is 0.159. The fourth-order valence-electron chi connectivity index (χ4n) is 5.82. The first-order valence-electron chi connectivity index (χ1n) is 13.0. The van der Waals surface area contributed by atoms with Gasteiger partial charge in [-0.3, -0.25) is 0 Å². The van der Waals surface area contributed by atoms with Crippen LogP contribution in [0, 0.1) is 0 Å². The Morgan fingerprint density at radius 1 is 0.500 bits per heavy atom. The normalized spacial score (nSPS) is 17.1. The average Bonchev–Trinajstić information content (AvgIpc) is 3.44. The van der Waals surface area contributed by atoms with Crippen LogP contribution in [0.3, 0.4) is 0 Å². The van der Waals surface area contributed by atoms with E-state index in [9.17, 15) is 0 Å². The molecule has 8 rings (SSSR count). The summed E-state index contributed by atoms with van der Waals surface area (Å²) in [6, 6.07) is 20.8. The molecule has 38 heavy (non-hydrogen) atoms. The van der Waals surface area contributed by atoms with E-state index in [0.717, 1.165) is 77.6 Å². The monoisotopic (exact) mass is 498 g/mol. The smallest absolute Gasteiger partial charge is 0.136 e. The predicted octanol–water partition coefficient (Wildman–Crippen LogP) is 9.52. The minimum absolute atomic E-state index is 0.318. The van der Waals surface area contributed by atoms with Crippen LogP contribution in [0.2, 0.25) is 0 Å². The highest BCUT2D eigenvalue weighted by Crippen LogP contribution is 2.43. The molecule has 0 fully saturated rings. The van der Waals surface area contributed by atoms with Crippen molar-refractivity contribution in [3.8, 4) is 22.6 Å². The van der Waals surface area contributed by atoms with Crippen molar-refractivity contribution in [3.05, 3.63) is 83.9 Å². The van der Waals surface area contributed by atoms with Crippen molar-refractivity contribution >= 4 is 56.0 Å². The average molecular weight is 499 g/mol. The van der Waals surface area contributed by atoms with E-state index in [-0.39, 0.29) is 11.2 Å². The van der Waals surface area contributed by atoms with E-state index in [2.05, 4.69) is 88.4 Å². The topological polar surface area (TPSA) is 44.7 Å². The van der Waals surface area contributed by atoms with Gasteiger partial charge in [0.2, 0.25) is 0 Å². The molecule has 4 aromatic carbocycles. The van der Waals surface area contributed by atoms with E-state index in [0.29, 0.717) is 0 Å². The van der Waals surface area contributed by atoms with Crippen molar-refractivity contribution in [2.24, 2.45) is 0 Å². The molecule has 0 saturated carbocycles. The van der Waals surface area contributed by atoms with E-state index < -0.39 is 0 Å². The molecule has 0 bridgehead atoms. The summed E-state index contributed by atoms with van der Waals surface area (Å²) < 4.78 is 25.0. The number of hydrogen-bond acceptors (Lipinski definition) is 4. The third kappa shape index (κ3) is 3.10. The lowest BCUT2D eigenvalue weighted by Crippen LogP contribution is -2.27. The summed E-state index contributed by atoms with van der Waals surface area (Å²) in [6.07, 6.45) is 8.51. The lowest BCUT2D eigenvalue weighted by Gasteiger charge is -2.28. The van der Waals surface area contributed by atoms with Gasteiger partial charge < -0.3 is 18.3 Å². The second kappa shape index (κ2) is 7.11. The van der Waals surface area contributed by atoms with Crippen LogP contribution in [0.15, 0.2) is 81.7 Å². The van der Waals surface area contributed by atoms with Crippen molar-refractivity contribution in [1.29, 1.82) is 0 Å². The number of hydrogen-bond donors (Lipinski definition) is 0. The molecular weight excluding hydrogens is 472 g/mol. The molecule has 0 atom stereocenters. The van der Waals surface area contributed by atoms with Crippen LogP contribution in [0.5, 0.6) is 11.5 Å². The van der Waals surface area contributed by atoms with Gasteiger partial charge in [0.1, 0.15) is 45.0 Å². The molecule has 2 aliphatic heterocycles. The molecule has 2 aromatic heterocycles. The van der Waals surface area contributed by atoms with E-state index in [1.54, 1.807) is 0 Å². The molecule has 0 radical (unpaired) electrons. The molecule has 0 N–H and O–H groups in total. The maximum atomic E-state index is 6.31. The second-order valence-electron chi connectivity index (χ2n) is 11.4. The zero-order valence-corrected chi connectivity index (χ0v) is 21.7. The molecule has 0 aliphatic carbocycles. The Kier molecular flexibility index (Phi) is 4.04. The Balaban J connectivity index is 1.25. The molecule has 4 heteroatoms. The summed E-state index contributed by atoms with van der Waals surface area (Å²) in [4.78, 5) is 0. The largest absolute Gasteiger partial charge is 0.483 e. The molecule has 4 nitrogen and oxygen atoms in total. The van der Waals surface area contributed by atoms with Crippen LogP contribution in [-0.4, -0.2) is 11.2 Å². The Bertz CT molecular complexity index is 1880. The van der Waals surface area contributed by atoms with Crippen molar-refractivity contribution in [2.45, 2.75) is 38.9 Å². The minimum atomic E-state index is -0.318. The highest BCUT2D eigenvalue weighted by molar-refractivity contribution is 6.12. The maximum Gasteiger partial charge on any atom is 0.136 e. The summed E-state index contributed by atoms with van der Waals surface area (Å²) in [5.74, 6) is 1.77. The van der Waals surface area contributed by atoms with Gasteiger partial charge in [-0.1, -0.05) is 24.3 Å². The van der Waals surface area contributed by atoms with Gasteiger partial charge in [-0.2, -0.15) is 0 Å². The molecule has 6 aromatic rings. The van der Waals surface area contributed by atoms with Gasteiger partial charge in [-0.05, 0) is 99.5 Å². The molecular formula is C34H26O4.